The highest BCUT2D eigenvalue weighted by molar-refractivity contribution is 5.93. The van der Waals surface area contributed by atoms with E-state index in [9.17, 15) is 4.79 Å². The van der Waals surface area contributed by atoms with Crippen LogP contribution in [0.3, 0.4) is 0 Å². The largest absolute Gasteiger partial charge is 0.478 e. The summed E-state index contributed by atoms with van der Waals surface area (Å²) >= 11 is 0. The number of nitrogens with zero attached hydrogens (tertiary/aromatic N) is 1. The molecule has 0 saturated heterocycles. The first-order valence-electron chi connectivity index (χ1n) is 3.56. The van der Waals surface area contributed by atoms with Gasteiger partial charge >= 0.3 is 0 Å². The zero-order valence-corrected chi connectivity index (χ0v) is 6.86. The lowest BCUT2D eigenvalue weighted by Crippen LogP contribution is -2.14. The molecular formula is C9H8N2O2. The van der Waals surface area contributed by atoms with Crippen LogP contribution in [0.4, 0.5) is 0 Å². The number of hydrogen-bond donors (Lipinski definition) is 1. The molecular weight excluding hydrogens is 168 g/mol. The zero-order valence-electron chi connectivity index (χ0n) is 6.86. The monoisotopic (exact) mass is 176 g/mol. The summed E-state index contributed by atoms with van der Waals surface area (Å²) in [5.41, 5.74) is 5.15. The Morgan fingerprint density at radius 1 is 1.77 bits per heavy atom. The van der Waals surface area contributed by atoms with Crippen molar-refractivity contribution in [3.8, 4) is 18.1 Å². The van der Waals surface area contributed by atoms with E-state index in [-0.39, 0.29) is 12.3 Å². The maximum Gasteiger partial charge on any atom is 0.271 e. The number of ether oxygens (including phenoxy) is 1. The van der Waals surface area contributed by atoms with E-state index >= 15 is 0 Å². The normalized spacial score (nSPS) is 8.85. The first-order valence-corrected chi connectivity index (χ1v) is 3.56. The van der Waals surface area contributed by atoms with Crippen LogP contribution < -0.4 is 10.5 Å². The molecule has 0 fully saturated rings. The summed E-state index contributed by atoms with van der Waals surface area (Å²) in [7, 11) is 0. The summed E-state index contributed by atoms with van der Waals surface area (Å²) in [4.78, 5) is 14.6. The van der Waals surface area contributed by atoms with E-state index in [0.717, 1.165) is 0 Å². The summed E-state index contributed by atoms with van der Waals surface area (Å²) in [5, 5.41) is 0. The Morgan fingerprint density at radius 2 is 2.54 bits per heavy atom. The number of aromatic nitrogens is 1. The summed E-state index contributed by atoms with van der Waals surface area (Å²) < 4.78 is 5.05. The molecule has 1 aromatic heterocycles. The Kier molecular flexibility index (Phi) is 2.87. The van der Waals surface area contributed by atoms with Crippen LogP contribution in [0, 0.1) is 12.3 Å². The molecule has 0 aromatic carbocycles. The molecule has 0 unspecified atom stereocenters. The molecule has 1 rings (SSSR count). The fraction of sp³-hybridized carbons (Fsp3) is 0.111. The average molecular weight is 176 g/mol. The number of pyridine rings is 1. The van der Waals surface area contributed by atoms with Gasteiger partial charge in [0.05, 0.1) is 0 Å². The molecule has 0 aliphatic carbocycles. The van der Waals surface area contributed by atoms with E-state index < -0.39 is 5.91 Å². The number of amides is 1. The third kappa shape index (κ3) is 2.20. The fourth-order valence-electron chi connectivity index (χ4n) is 0.811. The van der Waals surface area contributed by atoms with Crippen molar-refractivity contribution >= 4 is 5.91 Å². The molecule has 0 aliphatic rings. The maximum atomic E-state index is 10.8. The van der Waals surface area contributed by atoms with Crippen LogP contribution in [0.5, 0.6) is 5.75 Å². The van der Waals surface area contributed by atoms with E-state index in [1.807, 2.05) is 0 Å². The molecule has 1 aromatic rings. The van der Waals surface area contributed by atoms with Crippen molar-refractivity contribution in [3.63, 3.8) is 0 Å². The average Bonchev–Trinajstić information content (AvgIpc) is 2.15. The van der Waals surface area contributed by atoms with Gasteiger partial charge in [0, 0.05) is 6.20 Å². The zero-order chi connectivity index (χ0) is 9.68. The van der Waals surface area contributed by atoms with Gasteiger partial charge < -0.3 is 10.5 Å². The summed E-state index contributed by atoms with van der Waals surface area (Å²) in [5.74, 6) is 1.96. The van der Waals surface area contributed by atoms with Crippen molar-refractivity contribution in [1.82, 2.24) is 4.98 Å². The highest BCUT2D eigenvalue weighted by atomic mass is 16.5. The minimum Gasteiger partial charge on any atom is -0.478 e. The van der Waals surface area contributed by atoms with Crippen LogP contribution in [0.15, 0.2) is 18.3 Å². The van der Waals surface area contributed by atoms with Crippen LogP contribution in [-0.4, -0.2) is 17.5 Å². The third-order valence-corrected chi connectivity index (χ3v) is 1.32. The van der Waals surface area contributed by atoms with Gasteiger partial charge in [-0.25, -0.2) is 4.98 Å². The molecule has 1 amide bonds. The second-order valence-electron chi connectivity index (χ2n) is 2.21. The highest BCUT2D eigenvalue weighted by Gasteiger charge is 2.08. The molecule has 0 atom stereocenters. The number of carbonyl (C=O) groups excluding carboxylic acids is 1. The minimum atomic E-state index is -0.632. The van der Waals surface area contributed by atoms with Crippen LogP contribution in [0.2, 0.25) is 0 Å². The number of primary amides is 1. The standard InChI is InChI=1S/C9H8N2O2/c1-2-6-13-7-4-3-5-11-8(7)9(10)12/h1,3-5H,6H2,(H2,10,12). The van der Waals surface area contributed by atoms with Gasteiger partial charge in [-0.05, 0) is 12.1 Å². The number of terminal acetylenes is 1. The second kappa shape index (κ2) is 4.12. The Morgan fingerprint density at radius 3 is 3.15 bits per heavy atom. The Labute approximate surface area is 75.7 Å². The van der Waals surface area contributed by atoms with Gasteiger partial charge in [-0.2, -0.15) is 0 Å². The first kappa shape index (κ1) is 9.07. The summed E-state index contributed by atoms with van der Waals surface area (Å²) in [6.07, 6.45) is 6.45. The number of nitrogens with two attached hydrogens (primary N) is 1. The molecule has 4 heteroatoms. The maximum absolute atomic E-state index is 10.8. The van der Waals surface area contributed by atoms with Gasteiger partial charge in [0.15, 0.2) is 11.4 Å². The Bertz CT molecular complexity index is 355. The van der Waals surface area contributed by atoms with Gasteiger partial charge in [-0.1, -0.05) is 5.92 Å². The Balaban J connectivity index is 2.92. The SMILES string of the molecule is C#CCOc1cccnc1C(N)=O. The lowest BCUT2D eigenvalue weighted by atomic mass is 10.3. The van der Waals surface area contributed by atoms with Crippen molar-refractivity contribution in [2.45, 2.75) is 0 Å². The molecule has 4 nitrogen and oxygen atoms in total. The topological polar surface area (TPSA) is 65.2 Å². The third-order valence-electron chi connectivity index (χ3n) is 1.32. The van der Waals surface area contributed by atoms with Crippen LogP contribution >= 0.6 is 0 Å². The van der Waals surface area contributed by atoms with E-state index in [2.05, 4.69) is 10.9 Å². The van der Waals surface area contributed by atoms with Crippen molar-refractivity contribution in [2.75, 3.05) is 6.61 Å². The van der Waals surface area contributed by atoms with Crippen LogP contribution in [-0.2, 0) is 0 Å². The highest BCUT2D eigenvalue weighted by Crippen LogP contribution is 2.13. The molecule has 66 valence electrons. The van der Waals surface area contributed by atoms with Gasteiger partial charge in [0.2, 0.25) is 0 Å². The molecule has 0 aliphatic heterocycles. The van der Waals surface area contributed by atoms with E-state index in [4.69, 9.17) is 16.9 Å². The summed E-state index contributed by atoms with van der Waals surface area (Å²) in [6.45, 7) is 0.0893. The first-order chi connectivity index (χ1) is 6.25. The lowest BCUT2D eigenvalue weighted by Gasteiger charge is -2.04. The van der Waals surface area contributed by atoms with Crippen LogP contribution in [0.1, 0.15) is 10.5 Å². The predicted octanol–water partition coefficient (Wildman–Crippen LogP) is 0.193. The smallest absolute Gasteiger partial charge is 0.271 e. The van der Waals surface area contributed by atoms with Crippen molar-refractivity contribution < 1.29 is 9.53 Å². The van der Waals surface area contributed by atoms with Crippen molar-refractivity contribution in [3.05, 3.63) is 24.0 Å². The van der Waals surface area contributed by atoms with E-state index in [0.29, 0.717) is 5.75 Å². The van der Waals surface area contributed by atoms with E-state index in [1.165, 1.54) is 6.20 Å². The molecule has 0 saturated carbocycles. The fourth-order valence-corrected chi connectivity index (χ4v) is 0.811. The molecule has 13 heavy (non-hydrogen) atoms. The number of carbonyl (C=O) groups is 1. The quantitative estimate of drug-likeness (QED) is 0.668. The summed E-state index contributed by atoms with van der Waals surface area (Å²) in [6, 6.07) is 3.22. The van der Waals surface area contributed by atoms with Crippen molar-refractivity contribution in [2.24, 2.45) is 5.73 Å². The molecule has 0 radical (unpaired) electrons. The minimum absolute atomic E-state index is 0.0893. The van der Waals surface area contributed by atoms with Gasteiger partial charge in [-0.15, -0.1) is 6.42 Å². The predicted molar refractivity (Wildman–Crippen MR) is 47.1 cm³/mol. The number of rotatable bonds is 3. The Hall–Kier alpha value is -2.02. The van der Waals surface area contributed by atoms with Gasteiger partial charge in [0.1, 0.15) is 6.61 Å². The second-order valence-corrected chi connectivity index (χ2v) is 2.21. The van der Waals surface area contributed by atoms with Crippen molar-refractivity contribution in [1.29, 1.82) is 0 Å². The van der Waals surface area contributed by atoms with Crippen LogP contribution in [0.25, 0.3) is 0 Å². The molecule has 2 N–H and O–H groups in total. The van der Waals surface area contributed by atoms with E-state index in [1.54, 1.807) is 12.1 Å². The van der Waals surface area contributed by atoms with Gasteiger partial charge in [-0.3, -0.25) is 4.79 Å². The molecule has 1 heterocycles. The number of hydrogen-bond acceptors (Lipinski definition) is 3. The molecule has 0 spiro atoms. The van der Waals surface area contributed by atoms with Gasteiger partial charge in [0.25, 0.3) is 5.91 Å². The lowest BCUT2D eigenvalue weighted by molar-refractivity contribution is 0.0992. The molecule has 0 bridgehead atoms.